The van der Waals surface area contributed by atoms with Crippen LogP contribution in [0.5, 0.6) is 0 Å². The Hall–Kier alpha value is -1.40. The minimum Gasteiger partial charge on any atom is -0.465 e. The molecule has 2 rings (SSSR count). The molecule has 1 fully saturated rings. The number of rotatable bonds is 4. The summed E-state index contributed by atoms with van der Waals surface area (Å²) in [5, 5.41) is 8.10. The molecule has 1 unspecified atom stereocenters. The largest absolute Gasteiger partial charge is 0.465 e. The SMILES string of the molecule is COC(=O)c1scc(C)c1NC(=O)C1(C(C)C)CCNC1. The highest BCUT2D eigenvalue weighted by molar-refractivity contribution is 7.12. The number of hydrogen-bond acceptors (Lipinski definition) is 5. The van der Waals surface area contributed by atoms with Crippen molar-refractivity contribution in [3.05, 3.63) is 15.8 Å². The molecular weight excluding hydrogens is 288 g/mol. The van der Waals surface area contributed by atoms with E-state index in [9.17, 15) is 9.59 Å². The van der Waals surface area contributed by atoms with Gasteiger partial charge in [0.1, 0.15) is 4.88 Å². The van der Waals surface area contributed by atoms with Crippen LogP contribution in [0.15, 0.2) is 5.38 Å². The van der Waals surface area contributed by atoms with Crippen LogP contribution < -0.4 is 10.6 Å². The van der Waals surface area contributed by atoms with Crippen LogP contribution in [0.2, 0.25) is 0 Å². The maximum Gasteiger partial charge on any atom is 0.350 e. The van der Waals surface area contributed by atoms with Crippen LogP contribution in [0.1, 0.15) is 35.5 Å². The summed E-state index contributed by atoms with van der Waals surface area (Å²) in [5.41, 5.74) is 1.06. The second-order valence-electron chi connectivity index (χ2n) is 5.81. The Morgan fingerprint density at radius 3 is 2.71 bits per heavy atom. The standard InChI is InChI=1S/C15H22N2O3S/c1-9(2)15(5-6-16-8-15)14(19)17-11-10(3)7-21-12(11)13(18)20-4/h7,9,16H,5-6,8H2,1-4H3,(H,17,19). The zero-order chi connectivity index (χ0) is 15.6. The first-order valence-electron chi connectivity index (χ1n) is 7.11. The molecule has 1 aliphatic heterocycles. The lowest BCUT2D eigenvalue weighted by atomic mass is 9.75. The fourth-order valence-corrected chi connectivity index (χ4v) is 3.66. The highest BCUT2D eigenvalue weighted by atomic mass is 32.1. The molecule has 1 amide bonds. The molecule has 0 spiro atoms. The van der Waals surface area contributed by atoms with E-state index in [0.29, 0.717) is 17.1 Å². The first-order chi connectivity index (χ1) is 9.92. The summed E-state index contributed by atoms with van der Waals surface area (Å²) in [4.78, 5) is 25.0. The van der Waals surface area contributed by atoms with Crippen molar-refractivity contribution >= 4 is 28.9 Å². The Bertz CT molecular complexity index is 545. The lowest BCUT2D eigenvalue weighted by Gasteiger charge is -2.31. The quantitative estimate of drug-likeness (QED) is 0.838. The van der Waals surface area contributed by atoms with Crippen molar-refractivity contribution in [3.63, 3.8) is 0 Å². The van der Waals surface area contributed by atoms with Crippen molar-refractivity contribution in [3.8, 4) is 0 Å². The molecule has 1 atom stereocenters. The number of aryl methyl sites for hydroxylation is 1. The maximum atomic E-state index is 12.8. The smallest absolute Gasteiger partial charge is 0.350 e. The summed E-state index contributed by atoms with van der Waals surface area (Å²) in [6.07, 6.45) is 0.813. The van der Waals surface area contributed by atoms with Crippen molar-refractivity contribution in [1.82, 2.24) is 5.32 Å². The van der Waals surface area contributed by atoms with Crippen LogP contribution in [0.4, 0.5) is 5.69 Å². The first-order valence-corrected chi connectivity index (χ1v) is 7.99. The van der Waals surface area contributed by atoms with Crippen LogP contribution in [0.3, 0.4) is 0 Å². The van der Waals surface area contributed by atoms with Crippen LogP contribution in [0, 0.1) is 18.3 Å². The van der Waals surface area contributed by atoms with E-state index in [4.69, 9.17) is 4.74 Å². The molecule has 0 bridgehead atoms. The van der Waals surface area contributed by atoms with Gasteiger partial charge < -0.3 is 15.4 Å². The molecule has 1 aromatic rings. The summed E-state index contributed by atoms with van der Waals surface area (Å²) < 4.78 is 4.78. The van der Waals surface area contributed by atoms with Crippen molar-refractivity contribution < 1.29 is 14.3 Å². The highest BCUT2D eigenvalue weighted by Crippen LogP contribution is 2.37. The van der Waals surface area contributed by atoms with Gasteiger partial charge in [0.2, 0.25) is 5.91 Å². The van der Waals surface area contributed by atoms with Gasteiger partial charge in [-0.25, -0.2) is 4.79 Å². The number of methoxy groups -OCH3 is 1. The third-order valence-corrected chi connectivity index (χ3v) is 5.41. The number of esters is 1. The van der Waals surface area contributed by atoms with E-state index in [1.54, 1.807) is 0 Å². The predicted molar refractivity (Wildman–Crippen MR) is 83.8 cm³/mol. The minimum atomic E-state index is -0.415. The molecule has 0 aliphatic carbocycles. The Morgan fingerprint density at radius 2 is 2.19 bits per heavy atom. The van der Waals surface area contributed by atoms with Gasteiger partial charge in [-0.05, 0) is 36.8 Å². The zero-order valence-corrected chi connectivity index (χ0v) is 13.7. The number of anilines is 1. The Morgan fingerprint density at radius 1 is 1.48 bits per heavy atom. The van der Waals surface area contributed by atoms with Crippen LogP contribution >= 0.6 is 11.3 Å². The van der Waals surface area contributed by atoms with Crippen molar-refractivity contribution in [2.45, 2.75) is 27.2 Å². The van der Waals surface area contributed by atoms with E-state index in [0.717, 1.165) is 18.5 Å². The average molecular weight is 310 g/mol. The van der Waals surface area contributed by atoms with Crippen molar-refractivity contribution in [1.29, 1.82) is 0 Å². The molecule has 1 aromatic heterocycles. The Kier molecular flexibility index (Phi) is 4.68. The normalized spacial score (nSPS) is 21.6. The molecule has 2 N–H and O–H groups in total. The number of hydrogen-bond donors (Lipinski definition) is 2. The summed E-state index contributed by atoms with van der Waals surface area (Å²) in [6.45, 7) is 7.53. The first kappa shape index (κ1) is 16.0. The van der Waals surface area contributed by atoms with Crippen LogP contribution in [-0.2, 0) is 9.53 Å². The van der Waals surface area contributed by atoms with Crippen molar-refractivity contribution in [2.75, 3.05) is 25.5 Å². The summed E-state index contributed by atoms with van der Waals surface area (Å²) >= 11 is 1.30. The molecule has 1 saturated heterocycles. The van der Waals surface area contributed by atoms with E-state index < -0.39 is 11.4 Å². The number of ether oxygens (including phenoxy) is 1. The molecular formula is C15H22N2O3S. The van der Waals surface area contributed by atoms with Crippen LogP contribution in [0.25, 0.3) is 0 Å². The van der Waals surface area contributed by atoms with Gasteiger partial charge in [0.25, 0.3) is 0 Å². The molecule has 0 saturated carbocycles. The van der Waals surface area contributed by atoms with Gasteiger partial charge in [-0.2, -0.15) is 0 Å². The topological polar surface area (TPSA) is 67.4 Å². The van der Waals surface area contributed by atoms with Gasteiger partial charge in [-0.1, -0.05) is 13.8 Å². The summed E-state index contributed by atoms with van der Waals surface area (Å²) in [6, 6.07) is 0. The van der Waals surface area contributed by atoms with E-state index >= 15 is 0 Å². The third-order valence-electron chi connectivity index (χ3n) is 4.33. The minimum absolute atomic E-state index is 0.0193. The monoisotopic (exact) mass is 310 g/mol. The fourth-order valence-electron chi connectivity index (χ4n) is 2.74. The van der Waals surface area contributed by atoms with Crippen LogP contribution in [-0.4, -0.2) is 32.1 Å². The predicted octanol–water partition coefficient (Wildman–Crippen LogP) is 2.42. The zero-order valence-electron chi connectivity index (χ0n) is 12.9. The van der Waals surface area contributed by atoms with E-state index in [2.05, 4.69) is 24.5 Å². The second-order valence-corrected chi connectivity index (χ2v) is 6.69. The Labute approximate surface area is 129 Å². The molecule has 2 heterocycles. The molecule has 116 valence electrons. The second kappa shape index (κ2) is 6.15. The van der Waals surface area contributed by atoms with Gasteiger partial charge in [0, 0.05) is 6.54 Å². The Balaban J connectivity index is 2.27. The van der Waals surface area contributed by atoms with E-state index in [1.165, 1.54) is 18.4 Å². The van der Waals surface area contributed by atoms with Crippen molar-refractivity contribution in [2.24, 2.45) is 11.3 Å². The summed E-state index contributed by atoms with van der Waals surface area (Å²) in [5.74, 6) is -0.200. The molecule has 0 radical (unpaired) electrons. The van der Waals surface area contributed by atoms with Gasteiger partial charge in [-0.3, -0.25) is 4.79 Å². The number of carbonyl (C=O) groups is 2. The van der Waals surface area contributed by atoms with Gasteiger partial charge in [-0.15, -0.1) is 11.3 Å². The highest BCUT2D eigenvalue weighted by Gasteiger charge is 2.44. The lowest BCUT2D eigenvalue weighted by molar-refractivity contribution is -0.126. The number of carbonyl (C=O) groups excluding carboxylic acids is 2. The average Bonchev–Trinajstić information content (AvgIpc) is 3.07. The molecule has 1 aliphatic rings. The maximum absolute atomic E-state index is 12.8. The van der Waals surface area contributed by atoms with Gasteiger partial charge >= 0.3 is 5.97 Å². The number of nitrogens with one attached hydrogen (secondary N) is 2. The number of thiophene rings is 1. The molecule has 0 aromatic carbocycles. The van der Waals surface area contributed by atoms with E-state index in [1.807, 2.05) is 12.3 Å². The lowest BCUT2D eigenvalue weighted by Crippen LogP contribution is -2.42. The number of amides is 1. The van der Waals surface area contributed by atoms with E-state index in [-0.39, 0.29) is 11.8 Å². The fraction of sp³-hybridized carbons (Fsp3) is 0.600. The van der Waals surface area contributed by atoms with Gasteiger partial charge in [0.05, 0.1) is 18.2 Å². The molecule has 21 heavy (non-hydrogen) atoms. The molecule has 5 nitrogen and oxygen atoms in total. The molecule has 6 heteroatoms. The summed E-state index contributed by atoms with van der Waals surface area (Å²) in [7, 11) is 1.35. The third kappa shape index (κ3) is 2.82. The van der Waals surface area contributed by atoms with Gasteiger partial charge in [0.15, 0.2) is 0 Å².